The third kappa shape index (κ3) is 2.19. The van der Waals surface area contributed by atoms with Crippen molar-refractivity contribution in [2.24, 2.45) is 0 Å². The van der Waals surface area contributed by atoms with E-state index in [1.54, 1.807) is 6.92 Å². The Bertz CT molecular complexity index is 279. The number of aromatic amines is 1. The maximum absolute atomic E-state index is 12.0. The molecule has 0 bridgehead atoms. The zero-order chi connectivity index (χ0) is 10.1. The van der Waals surface area contributed by atoms with E-state index in [-0.39, 0.29) is 11.7 Å². The molecule has 1 aromatic rings. The van der Waals surface area contributed by atoms with Crippen LogP contribution < -0.4 is 0 Å². The fraction of sp³-hybridized carbons (Fsp3) is 0.714. The standard InChI is InChI=1S/C7H10F3N3/c1-3-4(2)5-11-6(13-12-5)7(8,9)10/h4H,3H2,1-2H3,(H,11,12,13). The molecule has 74 valence electrons. The topological polar surface area (TPSA) is 41.6 Å². The molecule has 0 amide bonds. The molecule has 1 N–H and O–H groups in total. The van der Waals surface area contributed by atoms with Crippen LogP contribution in [0.4, 0.5) is 13.2 Å². The summed E-state index contributed by atoms with van der Waals surface area (Å²) in [5.74, 6) is -0.832. The third-order valence-electron chi connectivity index (χ3n) is 1.84. The van der Waals surface area contributed by atoms with E-state index in [1.165, 1.54) is 0 Å². The smallest absolute Gasteiger partial charge is 0.262 e. The van der Waals surface area contributed by atoms with Gasteiger partial charge < -0.3 is 0 Å². The molecular formula is C7H10F3N3. The normalized spacial score (nSPS) is 14.5. The van der Waals surface area contributed by atoms with Gasteiger partial charge in [-0.1, -0.05) is 13.8 Å². The molecule has 13 heavy (non-hydrogen) atoms. The third-order valence-corrected chi connectivity index (χ3v) is 1.84. The van der Waals surface area contributed by atoms with Crippen LogP contribution >= 0.6 is 0 Å². The van der Waals surface area contributed by atoms with Crippen LogP contribution in [-0.4, -0.2) is 15.2 Å². The van der Waals surface area contributed by atoms with Crippen molar-refractivity contribution in [3.63, 3.8) is 0 Å². The van der Waals surface area contributed by atoms with Crippen molar-refractivity contribution in [1.82, 2.24) is 15.2 Å². The summed E-state index contributed by atoms with van der Waals surface area (Å²) in [5, 5.41) is 5.38. The van der Waals surface area contributed by atoms with Crippen molar-refractivity contribution in [2.45, 2.75) is 32.4 Å². The van der Waals surface area contributed by atoms with Crippen molar-refractivity contribution >= 4 is 0 Å². The Morgan fingerprint density at radius 2 is 2.08 bits per heavy atom. The largest absolute Gasteiger partial charge is 0.453 e. The number of H-pyrrole nitrogens is 1. The van der Waals surface area contributed by atoms with Crippen LogP contribution in [0.15, 0.2) is 0 Å². The SMILES string of the molecule is CCC(C)c1nc(C(F)(F)F)n[nH]1. The monoisotopic (exact) mass is 193 g/mol. The highest BCUT2D eigenvalue weighted by atomic mass is 19.4. The van der Waals surface area contributed by atoms with Gasteiger partial charge in [0.25, 0.3) is 5.82 Å². The summed E-state index contributed by atoms with van der Waals surface area (Å²) in [6.07, 6.45) is -3.73. The predicted molar refractivity (Wildman–Crippen MR) is 40.1 cm³/mol. The second kappa shape index (κ2) is 3.35. The Labute approximate surface area is 73.4 Å². The number of nitrogens with zero attached hydrogens (tertiary/aromatic N) is 2. The molecule has 3 nitrogen and oxygen atoms in total. The van der Waals surface area contributed by atoms with Crippen LogP contribution in [0.3, 0.4) is 0 Å². The van der Waals surface area contributed by atoms with Crippen molar-refractivity contribution < 1.29 is 13.2 Å². The van der Waals surface area contributed by atoms with Gasteiger partial charge in [0.15, 0.2) is 0 Å². The lowest BCUT2D eigenvalue weighted by Crippen LogP contribution is -2.07. The summed E-state index contributed by atoms with van der Waals surface area (Å²) < 4.78 is 36.1. The molecule has 6 heteroatoms. The molecule has 1 atom stereocenters. The highest BCUT2D eigenvalue weighted by molar-refractivity contribution is 4.98. The number of hydrogen-bond donors (Lipinski definition) is 1. The molecule has 0 spiro atoms. The average Bonchev–Trinajstić information content (AvgIpc) is 2.50. The lowest BCUT2D eigenvalue weighted by molar-refractivity contribution is -0.144. The number of alkyl halides is 3. The quantitative estimate of drug-likeness (QED) is 0.783. The Hall–Kier alpha value is -1.07. The predicted octanol–water partition coefficient (Wildman–Crippen LogP) is 2.34. The lowest BCUT2D eigenvalue weighted by atomic mass is 10.1. The summed E-state index contributed by atoms with van der Waals surface area (Å²) in [7, 11) is 0. The minimum Gasteiger partial charge on any atom is -0.262 e. The summed E-state index contributed by atoms with van der Waals surface area (Å²) in [6.45, 7) is 3.67. The zero-order valence-corrected chi connectivity index (χ0v) is 7.31. The molecule has 1 heterocycles. The van der Waals surface area contributed by atoms with Crippen LogP contribution in [0.2, 0.25) is 0 Å². The van der Waals surface area contributed by atoms with Crippen LogP contribution in [-0.2, 0) is 6.18 Å². The number of nitrogens with one attached hydrogen (secondary N) is 1. The van der Waals surface area contributed by atoms with Gasteiger partial charge in [0.1, 0.15) is 5.82 Å². The Kier molecular flexibility index (Phi) is 2.58. The van der Waals surface area contributed by atoms with Gasteiger partial charge >= 0.3 is 6.18 Å². The molecule has 0 saturated heterocycles. The molecule has 1 unspecified atom stereocenters. The van der Waals surface area contributed by atoms with E-state index >= 15 is 0 Å². The lowest BCUT2D eigenvalue weighted by Gasteiger charge is -2.01. The molecule has 0 aliphatic carbocycles. The number of hydrogen-bond acceptors (Lipinski definition) is 2. The first-order chi connectivity index (χ1) is 5.95. The van der Waals surface area contributed by atoms with E-state index in [0.29, 0.717) is 0 Å². The van der Waals surface area contributed by atoms with Gasteiger partial charge in [-0.3, -0.25) is 5.10 Å². The first-order valence-electron chi connectivity index (χ1n) is 3.94. The van der Waals surface area contributed by atoms with E-state index in [2.05, 4.69) is 15.2 Å². The van der Waals surface area contributed by atoms with Crippen LogP contribution in [0.1, 0.15) is 37.8 Å². The second-order valence-electron chi connectivity index (χ2n) is 2.85. The second-order valence-corrected chi connectivity index (χ2v) is 2.85. The van der Waals surface area contributed by atoms with Crippen LogP contribution in [0.5, 0.6) is 0 Å². The number of rotatable bonds is 2. The Balaban J connectivity index is 2.87. The fourth-order valence-electron chi connectivity index (χ4n) is 0.815. The molecule has 0 fully saturated rings. The molecule has 0 radical (unpaired) electrons. The first kappa shape index (κ1) is 10.0. The molecule has 1 aromatic heterocycles. The summed E-state index contributed by atoms with van der Waals surface area (Å²) in [6, 6.07) is 0. The van der Waals surface area contributed by atoms with Crippen molar-refractivity contribution in [3.05, 3.63) is 11.6 Å². The molecule has 0 aromatic carbocycles. The van der Waals surface area contributed by atoms with Gasteiger partial charge in [-0.25, -0.2) is 4.98 Å². The van der Waals surface area contributed by atoms with Gasteiger partial charge in [-0.2, -0.15) is 13.2 Å². The average molecular weight is 193 g/mol. The van der Waals surface area contributed by atoms with Crippen molar-refractivity contribution in [1.29, 1.82) is 0 Å². The van der Waals surface area contributed by atoms with Crippen molar-refractivity contribution in [2.75, 3.05) is 0 Å². The maximum Gasteiger partial charge on any atom is 0.453 e. The van der Waals surface area contributed by atoms with Gasteiger partial charge in [0.2, 0.25) is 0 Å². The van der Waals surface area contributed by atoms with E-state index in [4.69, 9.17) is 0 Å². The number of aromatic nitrogens is 3. The highest BCUT2D eigenvalue weighted by Gasteiger charge is 2.36. The number of halogens is 3. The van der Waals surface area contributed by atoms with Crippen molar-refractivity contribution in [3.8, 4) is 0 Å². The van der Waals surface area contributed by atoms with E-state index in [1.807, 2.05) is 6.92 Å². The Morgan fingerprint density at radius 1 is 1.46 bits per heavy atom. The van der Waals surface area contributed by atoms with Gasteiger partial charge in [-0.15, -0.1) is 5.10 Å². The first-order valence-corrected chi connectivity index (χ1v) is 3.94. The minimum atomic E-state index is -4.46. The molecule has 0 aliphatic rings. The van der Waals surface area contributed by atoms with Crippen LogP contribution in [0, 0.1) is 0 Å². The van der Waals surface area contributed by atoms with E-state index < -0.39 is 12.0 Å². The van der Waals surface area contributed by atoms with Gasteiger partial charge in [-0.05, 0) is 6.42 Å². The summed E-state index contributed by atoms with van der Waals surface area (Å²) in [5.41, 5.74) is 0. The maximum atomic E-state index is 12.0. The zero-order valence-electron chi connectivity index (χ0n) is 7.31. The fourth-order valence-corrected chi connectivity index (χ4v) is 0.815. The molecular weight excluding hydrogens is 183 g/mol. The van der Waals surface area contributed by atoms with Gasteiger partial charge in [0, 0.05) is 5.92 Å². The Morgan fingerprint density at radius 3 is 2.46 bits per heavy atom. The van der Waals surface area contributed by atoms with Crippen LogP contribution in [0.25, 0.3) is 0 Å². The minimum absolute atomic E-state index is 0.0244. The van der Waals surface area contributed by atoms with Gasteiger partial charge in [0.05, 0.1) is 0 Å². The summed E-state index contributed by atoms with van der Waals surface area (Å²) in [4.78, 5) is 3.36. The molecule has 0 saturated carbocycles. The molecule has 1 rings (SSSR count). The highest BCUT2D eigenvalue weighted by Crippen LogP contribution is 2.26. The van der Waals surface area contributed by atoms with E-state index in [9.17, 15) is 13.2 Å². The summed E-state index contributed by atoms with van der Waals surface area (Å²) >= 11 is 0. The molecule has 0 aliphatic heterocycles. The van der Waals surface area contributed by atoms with E-state index in [0.717, 1.165) is 6.42 Å².